The molecule has 5 rings (SSSR count). The summed E-state index contributed by atoms with van der Waals surface area (Å²) in [6, 6.07) is 9.18. The molecule has 3 aliphatic rings. The van der Waals surface area contributed by atoms with E-state index in [0.29, 0.717) is 11.5 Å². The lowest BCUT2D eigenvalue weighted by molar-refractivity contribution is 0.0620. The minimum absolute atomic E-state index is 0.0482. The van der Waals surface area contributed by atoms with Crippen molar-refractivity contribution in [3.63, 3.8) is 0 Å². The Kier molecular flexibility index (Phi) is 4.84. The minimum Gasteiger partial charge on any atom is -0.348 e. The van der Waals surface area contributed by atoms with Gasteiger partial charge in [-0.15, -0.1) is 0 Å². The molecule has 1 amide bonds. The Labute approximate surface area is 163 Å². The molecule has 4 heterocycles. The first-order valence-corrected chi connectivity index (χ1v) is 11.3. The Morgan fingerprint density at radius 2 is 1.82 bits per heavy atom. The second kappa shape index (κ2) is 7.18. The van der Waals surface area contributed by atoms with Crippen LogP contribution >= 0.6 is 0 Å². The largest absolute Gasteiger partial charge is 0.348 e. The maximum atomic E-state index is 12.8. The van der Waals surface area contributed by atoms with Gasteiger partial charge in [0.25, 0.3) is 11.5 Å². The summed E-state index contributed by atoms with van der Waals surface area (Å²) in [5.41, 5.74) is 0.183. The average molecular weight is 401 g/mol. The summed E-state index contributed by atoms with van der Waals surface area (Å²) in [5.74, 6) is 0.246. The van der Waals surface area contributed by atoms with Crippen molar-refractivity contribution in [1.82, 2.24) is 14.8 Å². The molecule has 3 saturated heterocycles. The Balaban J connectivity index is 1.65. The summed E-state index contributed by atoms with van der Waals surface area (Å²) < 4.78 is 25.4. The summed E-state index contributed by atoms with van der Waals surface area (Å²) in [6.45, 7) is 3.03. The number of piperidine rings is 3. The van der Waals surface area contributed by atoms with Gasteiger partial charge in [0.2, 0.25) is 0 Å². The lowest BCUT2D eigenvalue weighted by Gasteiger charge is -2.44. The van der Waals surface area contributed by atoms with E-state index >= 15 is 0 Å². The number of pyridine rings is 1. The SMILES string of the molecule is CS(=O)(=O)c1ccccc1-n1cc(C(=O)NC2CN3CCC2CC3)ccc1=O. The Hall–Kier alpha value is -2.45. The van der Waals surface area contributed by atoms with Crippen LogP contribution in [0.4, 0.5) is 0 Å². The van der Waals surface area contributed by atoms with Crippen LogP contribution < -0.4 is 10.9 Å². The Morgan fingerprint density at radius 1 is 1.11 bits per heavy atom. The summed E-state index contributed by atoms with van der Waals surface area (Å²) in [6.07, 6.45) is 4.70. The van der Waals surface area contributed by atoms with Gasteiger partial charge in [-0.1, -0.05) is 12.1 Å². The van der Waals surface area contributed by atoms with Gasteiger partial charge in [-0.3, -0.25) is 14.2 Å². The molecule has 7 nitrogen and oxygen atoms in total. The molecular formula is C20H23N3O4S. The maximum Gasteiger partial charge on any atom is 0.255 e. The first-order chi connectivity index (χ1) is 13.3. The number of aromatic nitrogens is 1. The fraction of sp³-hybridized carbons (Fsp3) is 0.400. The topological polar surface area (TPSA) is 88.5 Å². The highest BCUT2D eigenvalue weighted by Crippen LogP contribution is 2.27. The van der Waals surface area contributed by atoms with Crippen molar-refractivity contribution in [3.8, 4) is 5.69 Å². The number of rotatable bonds is 4. The lowest BCUT2D eigenvalue weighted by atomic mass is 9.84. The number of amides is 1. The van der Waals surface area contributed by atoms with Gasteiger partial charge in [0.1, 0.15) is 0 Å². The van der Waals surface area contributed by atoms with Crippen molar-refractivity contribution in [2.45, 2.75) is 23.8 Å². The van der Waals surface area contributed by atoms with Gasteiger partial charge in [0, 0.05) is 31.1 Å². The molecule has 2 aromatic rings. The molecule has 8 heteroatoms. The third-order valence-electron chi connectivity index (χ3n) is 5.67. The number of hydrogen-bond acceptors (Lipinski definition) is 5. The van der Waals surface area contributed by atoms with E-state index < -0.39 is 15.4 Å². The van der Waals surface area contributed by atoms with Crippen LogP contribution in [0.2, 0.25) is 0 Å². The van der Waals surface area contributed by atoms with E-state index in [9.17, 15) is 18.0 Å². The van der Waals surface area contributed by atoms with Crippen LogP contribution in [-0.4, -0.2) is 55.7 Å². The van der Waals surface area contributed by atoms with Gasteiger partial charge in [-0.2, -0.15) is 0 Å². The fourth-order valence-electron chi connectivity index (χ4n) is 4.16. The van der Waals surface area contributed by atoms with Gasteiger partial charge >= 0.3 is 0 Å². The highest BCUT2D eigenvalue weighted by molar-refractivity contribution is 7.90. The van der Waals surface area contributed by atoms with E-state index in [0.717, 1.165) is 38.7 Å². The third kappa shape index (κ3) is 3.62. The van der Waals surface area contributed by atoms with E-state index in [1.807, 2.05) is 0 Å². The molecule has 0 saturated carbocycles. The molecule has 3 aliphatic heterocycles. The molecule has 28 heavy (non-hydrogen) atoms. The van der Waals surface area contributed by atoms with Gasteiger partial charge < -0.3 is 10.2 Å². The molecule has 0 aliphatic carbocycles. The number of benzene rings is 1. The number of hydrogen-bond donors (Lipinski definition) is 1. The number of para-hydroxylation sites is 1. The molecule has 3 fully saturated rings. The molecule has 0 spiro atoms. The monoisotopic (exact) mass is 401 g/mol. The second-order valence-corrected chi connectivity index (χ2v) is 9.57. The van der Waals surface area contributed by atoms with Crippen LogP contribution in [0.5, 0.6) is 0 Å². The second-order valence-electron chi connectivity index (χ2n) is 7.58. The zero-order chi connectivity index (χ0) is 19.9. The standard InChI is InChI=1S/C20H23N3O4S/c1-28(26,27)18-5-3-2-4-17(18)23-12-15(6-7-19(23)24)20(25)21-16-13-22-10-8-14(16)9-11-22/h2-7,12,14,16H,8-11,13H2,1H3,(H,21,25). The lowest BCUT2D eigenvalue weighted by Crippen LogP contribution is -2.57. The van der Waals surface area contributed by atoms with E-state index in [2.05, 4.69) is 10.2 Å². The van der Waals surface area contributed by atoms with Gasteiger partial charge in [0.05, 0.1) is 16.1 Å². The number of nitrogens with one attached hydrogen (secondary N) is 1. The van der Waals surface area contributed by atoms with E-state index in [4.69, 9.17) is 0 Å². The number of nitrogens with zero attached hydrogens (tertiary/aromatic N) is 2. The van der Waals surface area contributed by atoms with Crippen molar-refractivity contribution < 1.29 is 13.2 Å². The van der Waals surface area contributed by atoms with Crippen molar-refractivity contribution in [3.05, 3.63) is 58.5 Å². The maximum absolute atomic E-state index is 12.8. The van der Waals surface area contributed by atoms with Gasteiger partial charge in [0.15, 0.2) is 9.84 Å². The van der Waals surface area contributed by atoms with Crippen molar-refractivity contribution in [2.24, 2.45) is 5.92 Å². The van der Waals surface area contributed by atoms with Crippen molar-refractivity contribution in [1.29, 1.82) is 0 Å². The summed E-state index contributed by atoms with van der Waals surface area (Å²) in [7, 11) is -3.53. The zero-order valence-corrected chi connectivity index (χ0v) is 16.5. The average Bonchev–Trinajstić information content (AvgIpc) is 2.68. The molecule has 0 radical (unpaired) electrons. The number of fused-ring (bicyclic) bond motifs is 3. The first kappa shape index (κ1) is 18.9. The molecular weight excluding hydrogens is 378 g/mol. The van der Waals surface area contributed by atoms with Gasteiger partial charge in [-0.25, -0.2) is 8.42 Å². The first-order valence-electron chi connectivity index (χ1n) is 9.38. The Bertz CT molecular complexity index is 1070. The molecule has 2 bridgehead atoms. The van der Waals surface area contributed by atoms with E-state index in [1.54, 1.807) is 18.2 Å². The van der Waals surface area contributed by atoms with Crippen LogP contribution in [0.3, 0.4) is 0 Å². The fourth-order valence-corrected chi connectivity index (χ4v) is 5.03. The van der Waals surface area contributed by atoms with Gasteiger partial charge in [-0.05, 0) is 50.0 Å². The molecule has 148 valence electrons. The summed E-state index contributed by atoms with van der Waals surface area (Å²) in [4.78, 5) is 27.6. The van der Waals surface area contributed by atoms with E-state index in [-0.39, 0.29) is 22.5 Å². The molecule has 1 N–H and O–H groups in total. The van der Waals surface area contributed by atoms with Crippen molar-refractivity contribution >= 4 is 15.7 Å². The summed E-state index contributed by atoms with van der Waals surface area (Å²) in [5, 5.41) is 3.10. The molecule has 1 unspecified atom stereocenters. The zero-order valence-electron chi connectivity index (χ0n) is 15.7. The smallest absolute Gasteiger partial charge is 0.255 e. The highest BCUT2D eigenvalue weighted by Gasteiger charge is 2.35. The molecule has 1 atom stereocenters. The summed E-state index contributed by atoms with van der Waals surface area (Å²) >= 11 is 0. The van der Waals surface area contributed by atoms with Crippen LogP contribution in [0.25, 0.3) is 5.69 Å². The van der Waals surface area contributed by atoms with E-state index in [1.165, 1.54) is 29.0 Å². The molecule has 1 aromatic carbocycles. The minimum atomic E-state index is -3.53. The van der Waals surface area contributed by atoms with Crippen LogP contribution in [0.15, 0.2) is 52.3 Å². The number of carbonyl (C=O) groups excluding carboxylic acids is 1. The number of carbonyl (C=O) groups is 1. The Morgan fingerprint density at radius 3 is 2.46 bits per heavy atom. The highest BCUT2D eigenvalue weighted by atomic mass is 32.2. The number of sulfone groups is 1. The van der Waals surface area contributed by atoms with Crippen molar-refractivity contribution in [2.75, 3.05) is 25.9 Å². The normalized spacial score (nSPS) is 24.1. The third-order valence-corrected chi connectivity index (χ3v) is 6.81. The quantitative estimate of drug-likeness (QED) is 0.828. The van der Waals surface area contributed by atoms with Crippen LogP contribution in [-0.2, 0) is 9.84 Å². The molecule has 1 aromatic heterocycles. The predicted molar refractivity (Wildman–Crippen MR) is 106 cm³/mol. The predicted octanol–water partition coefficient (Wildman–Crippen LogP) is 1.06. The van der Waals surface area contributed by atoms with Crippen LogP contribution in [0, 0.1) is 5.92 Å². The van der Waals surface area contributed by atoms with Crippen LogP contribution in [0.1, 0.15) is 23.2 Å².